The third-order valence-corrected chi connectivity index (χ3v) is 8.38. The summed E-state index contributed by atoms with van der Waals surface area (Å²) in [5.41, 5.74) is -0.199. The molecule has 2 heterocycles. The van der Waals surface area contributed by atoms with Crippen LogP contribution in [0.4, 0.5) is 13.2 Å². The number of esters is 1. The van der Waals surface area contributed by atoms with Crippen molar-refractivity contribution in [1.82, 2.24) is 4.90 Å². The first-order valence-electron chi connectivity index (χ1n) is 15.7. The molecule has 3 aromatic carbocycles. The highest BCUT2D eigenvalue weighted by Crippen LogP contribution is 2.42. The van der Waals surface area contributed by atoms with Crippen molar-refractivity contribution >= 4 is 16.9 Å². The summed E-state index contributed by atoms with van der Waals surface area (Å²) in [7, 11) is 4.21. The fourth-order valence-electron chi connectivity index (χ4n) is 5.74. The van der Waals surface area contributed by atoms with Crippen molar-refractivity contribution in [2.75, 3.05) is 34.4 Å². The van der Waals surface area contributed by atoms with Crippen LogP contribution in [0.5, 0.6) is 34.5 Å². The number of aryl methyl sites for hydroxylation is 1. The van der Waals surface area contributed by atoms with Gasteiger partial charge in [0.05, 0.1) is 37.8 Å². The summed E-state index contributed by atoms with van der Waals surface area (Å²) in [6.07, 6.45) is -1.65. The van der Waals surface area contributed by atoms with Crippen LogP contribution in [0.1, 0.15) is 60.4 Å². The Hall–Kier alpha value is -4.71. The van der Waals surface area contributed by atoms with Crippen molar-refractivity contribution < 1.29 is 46.1 Å². The Balaban J connectivity index is 1.63. The predicted octanol–water partition coefficient (Wildman–Crippen LogP) is 8.03. The molecule has 1 aliphatic rings. The van der Waals surface area contributed by atoms with Gasteiger partial charge in [-0.1, -0.05) is 32.4 Å². The van der Waals surface area contributed by atoms with E-state index in [1.807, 2.05) is 11.8 Å². The molecule has 0 amide bonds. The van der Waals surface area contributed by atoms with Crippen LogP contribution in [0.3, 0.4) is 0 Å². The highest BCUT2D eigenvalue weighted by molar-refractivity contribution is 5.94. The highest BCUT2D eigenvalue weighted by atomic mass is 19.4. The van der Waals surface area contributed by atoms with Gasteiger partial charge < -0.3 is 28.1 Å². The van der Waals surface area contributed by atoms with E-state index in [4.69, 9.17) is 28.1 Å². The van der Waals surface area contributed by atoms with Crippen LogP contribution in [-0.2, 0) is 19.1 Å². The third kappa shape index (κ3) is 7.38. The molecule has 1 fully saturated rings. The number of halogens is 3. The first-order valence-corrected chi connectivity index (χ1v) is 15.7. The minimum atomic E-state index is -5.08. The van der Waals surface area contributed by atoms with Crippen molar-refractivity contribution in [1.29, 1.82) is 0 Å². The van der Waals surface area contributed by atoms with E-state index in [9.17, 15) is 22.8 Å². The van der Waals surface area contributed by atoms with E-state index >= 15 is 0 Å². The Bertz CT molecular complexity index is 1800. The lowest BCUT2D eigenvalue weighted by atomic mass is 9.98. The number of likely N-dealkylation sites (tertiary alicyclic amines) is 1. The van der Waals surface area contributed by atoms with Gasteiger partial charge in [0.15, 0.2) is 11.5 Å². The first kappa shape index (κ1) is 34.6. The van der Waals surface area contributed by atoms with Gasteiger partial charge in [0, 0.05) is 6.54 Å². The number of rotatable bonds is 11. The largest absolute Gasteiger partial charge is 0.493 e. The van der Waals surface area contributed by atoms with Gasteiger partial charge in [-0.25, -0.2) is 4.79 Å². The van der Waals surface area contributed by atoms with E-state index in [-0.39, 0.29) is 57.4 Å². The first-order chi connectivity index (χ1) is 23.0. The number of benzene rings is 3. The van der Waals surface area contributed by atoms with Crippen LogP contribution >= 0.6 is 0 Å². The van der Waals surface area contributed by atoms with Crippen molar-refractivity contribution in [2.24, 2.45) is 5.92 Å². The normalized spacial score (nSPS) is 14.2. The fourth-order valence-corrected chi connectivity index (χ4v) is 5.74. The third-order valence-electron chi connectivity index (χ3n) is 8.38. The van der Waals surface area contributed by atoms with Gasteiger partial charge in [0.1, 0.15) is 17.1 Å². The summed E-state index contributed by atoms with van der Waals surface area (Å²) < 4.78 is 76.6. The average Bonchev–Trinajstić information content (AvgIpc) is 3.07. The molecule has 1 aliphatic heterocycles. The number of methoxy groups -OCH3 is 3. The fraction of sp³-hybridized carbons (Fsp3) is 0.389. The Morgan fingerprint density at radius 1 is 0.917 bits per heavy atom. The minimum Gasteiger partial charge on any atom is -0.493 e. The number of hydrogen-bond donors (Lipinski definition) is 0. The molecule has 5 rings (SSSR count). The van der Waals surface area contributed by atoms with Gasteiger partial charge in [-0.3, -0.25) is 9.69 Å². The molecule has 1 aromatic heterocycles. The zero-order valence-corrected chi connectivity index (χ0v) is 27.5. The summed E-state index contributed by atoms with van der Waals surface area (Å²) >= 11 is 0. The number of carbonyl (C=O) groups excluding carboxylic acids is 1. The average molecular weight is 670 g/mol. The number of ether oxygens (including phenoxy) is 5. The number of nitrogens with zero attached hydrogens (tertiary/aromatic N) is 1. The predicted molar refractivity (Wildman–Crippen MR) is 173 cm³/mol. The van der Waals surface area contributed by atoms with Crippen molar-refractivity contribution in [2.45, 2.75) is 52.3 Å². The quantitative estimate of drug-likeness (QED) is 0.116. The molecule has 0 aliphatic carbocycles. The van der Waals surface area contributed by atoms with Crippen molar-refractivity contribution in [3.8, 4) is 34.5 Å². The molecule has 0 saturated carbocycles. The lowest BCUT2D eigenvalue weighted by molar-refractivity contribution is -0.154. The van der Waals surface area contributed by atoms with Gasteiger partial charge in [0.2, 0.25) is 16.9 Å². The van der Waals surface area contributed by atoms with E-state index in [0.29, 0.717) is 19.0 Å². The second-order valence-electron chi connectivity index (χ2n) is 11.8. The maximum Gasteiger partial charge on any atom is 0.453 e. The summed E-state index contributed by atoms with van der Waals surface area (Å²) in [6, 6.07) is 12.0. The molecule has 1 saturated heterocycles. The SMILES string of the molecule is CCCc1ccc(Oc2c(C(F)(F)F)oc3c(CN4CCC(C)CC4)c(OC(=O)c4cc(OC)c(OC)c(OC)c4)ccc3c2=O)cc1. The summed E-state index contributed by atoms with van der Waals surface area (Å²) in [6.45, 7) is 5.53. The molecule has 0 spiro atoms. The maximum atomic E-state index is 14.6. The molecule has 256 valence electrons. The van der Waals surface area contributed by atoms with Gasteiger partial charge in [-0.15, -0.1) is 0 Å². The molecule has 12 heteroatoms. The van der Waals surface area contributed by atoms with Crippen LogP contribution in [0, 0.1) is 5.92 Å². The Morgan fingerprint density at radius 3 is 2.12 bits per heavy atom. The Morgan fingerprint density at radius 2 is 1.56 bits per heavy atom. The molecule has 0 bridgehead atoms. The summed E-state index contributed by atoms with van der Waals surface area (Å²) in [5, 5.41) is -0.145. The monoisotopic (exact) mass is 669 g/mol. The lowest BCUT2D eigenvalue weighted by Gasteiger charge is -2.30. The molecule has 0 atom stereocenters. The number of carbonyl (C=O) groups is 1. The minimum absolute atomic E-state index is 0.0356. The zero-order valence-electron chi connectivity index (χ0n) is 27.5. The van der Waals surface area contributed by atoms with Crippen LogP contribution in [0.2, 0.25) is 0 Å². The molecule has 0 radical (unpaired) electrons. The second kappa shape index (κ2) is 14.6. The van der Waals surface area contributed by atoms with Crippen LogP contribution < -0.4 is 29.1 Å². The van der Waals surface area contributed by atoms with Crippen LogP contribution in [-0.4, -0.2) is 45.3 Å². The van der Waals surface area contributed by atoms with E-state index in [1.165, 1.54) is 57.7 Å². The van der Waals surface area contributed by atoms with E-state index in [2.05, 4.69) is 6.92 Å². The van der Waals surface area contributed by atoms with Crippen molar-refractivity contribution in [3.05, 3.63) is 81.2 Å². The number of piperidine rings is 1. The molecule has 0 N–H and O–H groups in total. The van der Waals surface area contributed by atoms with E-state index in [0.717, 1.165) is 31.2 Å². The zero-order chi connectivity index (χ0) is 34.6. The van der Waals surface area contributed by atoms with E-state index < -0.39 is 29.1 Å². The molecule has 4 aromatic rings. The smallest absolute Gasteiger partial charge is 0.453 e. The van der Waals surface area contributed by atoms with Gasteiger partial charge in [0.25, 0.3) is 5.76 Å². The van der Waals surface area contributed by atoms with Gasteiger partial charge in [-0.05, 0) is 80.2 Å². The second-order valence-corrected chi connectivity index (χ2v) is 11.8. The molecular weight excluding hydrogens is 631 g/mol. The number of fused-ring (bicyclic) bond motifs is 1. The Kier molecular flexibility index (Phi) is 10.5. The van der Waals surface area contributed by atoms with Crippen LogP contribution in [0.25, 0.3) is 11.0 Å². The maximum absolute atomic E-state index is 14.6. The molecule has 0 unspecified atom stereocenters. The number of alkyl halides is 3. The molecule has 48 heavy (non-hydrogen) atoms. The van der Waals surface area contributed by atoms with Crippen molar-refractivity contribution in [3.63, 3.8) is 0 Å². The topological polar surface area (TPSA) is 96.7 Å². The van der Waals surface area contributed by atoms with Gasteiger partial charge >= 0.3 is 12.1 Å². The number of hydrogen-bond acceptors (Lipinski definition) is 9. The standard InChI is InChI=1S/C36H38F3NO8/c1-6-7-22-8-10-24(11-9-22)46-33-30(41)25-12-13-27(47-35(42)23-18-28(43-3)32(45-5)29(19-23)44-4)26(20-40-16-14-21(2)15-17-40)31(25)48-34(33)36(37,38)39/h8-13,18-19,21H,6-7,14-17,20H2,1-5H3. The summed E-state index contributed by atoms with van der Waals surface area (Å²) in [5.74, 6) is -2.24. The molecule has 9 nitrogen and oxygen atoms in total. The Labute approximate surface area is 276 Å². The lowest BCUT2D eigenvalue weighted by Crippen LogP contribution is -2.32. The van der Waals surface area contributed by atoms with E-state index in [1.54, 1.807) is 12.1 Å². The van der Waals surface area contributed by atoms with Gasteiger partial charge in [-0.2, -0.15) is 13.2 Å². The highest BCUT2D eigenvalue weighted by Gasteiger charge is 2.41. The summed E-state index contributed by atoms with van der Waals surface area (Å²) in [4.78, 5) is 29.3. The molecular formula is C36H38F3NO8. The van der Waals surface area contributed by atoms with Crippen LogP contribution in [0.15, 0.2) is 57.7 Å².